The van der Waals surface area contributed by atoms with Crippen LogP contribution in [-0.2, 0) is 19.4 Å². The van der Waals surface area contributed by atoms with E-state index >= 15 is 0 Å². The molecule has 5 heteroatoms. The number of imidazole rings is 1. The lowest BCUT2D eigenvalue weighted by atomic mass is 10.0. The fourth-order valence-electron chi connectivity index (χ4n) is 3.49. The normalized spacial score (nSPS) is 13.3. The molecule has 1 aliphatic carbocycles. The largest absolute Gasteiger partial charge is 0.345 e. The van der Waals surface area contributed by atoms with Crippen LogP contribution in [0.4, 0.5) is 0 Å². The number of fused-ring (bicyclic) bond motifs is 1. The topological polar surface area (TPSA) is 46.9 Å². The van der Waals surface area contributed by atoms with Crippen molar-refractivity contribution in [2.75, 3.05) is 0 Å². The van der Waals surface area contributed by atoms with Crippen molar-refractivity contribution in [2.45, 2.75) is 32.2 Å². The highest BCUT2D eigenvalue weighted by atomic mass is 35.5. The number of nitrogens with one attached hydrogen (secondary N) is 1. The number of benzene rings is 2. The number of nitrogens with zero attached hydrogens (tertiary/aromatic N) is 2. The molecule has 2 aromatic carbocycles. The molecule has 0 aliphatic heterocycles. The lowest BCUT2D eigenvalue weighted by Crippen LogP contribution is -2.24. The van der Waals surface area contributed by atoms with Gasteiger partial charge in [0.05, 0.1) is 12.2 Å². The van der Waals surface area contributed by atoms with Crippen LogP contribution in [0.1, 0.15) is 40.4 Å². The summed E-state index contributed by atoms with van der Waals surface area (Å²) in [6.07, 6.45) is 4.39. The van der Waals surface area contributed by atoms with Crippen molar-refractivity contribution in [2.24, 2.45) is 0 Å². The third-order valence-corrected chi connectivity index (χ3v) is 4.95. The molecule has 1 aliphatic rings. The Morgan fingerprint density at radius 1 is 1.08 bits per heavy atom. The molecule has 3 aromatic rings. The minimum atomic E-state index is -0.145. The molecule has 1 aromatic heterocycles. The van der Waals surface area contributed by atoms with Crippen LogP contribution in [0.15, 0.2) is 54.6 Å². The first kappa shape index (κ1) is 16.9. The zero-order chi connectivity index (χ0) is 17.9. The van der Waals surface area contributed by atoms with Gasteiger partial charge < -0.3 is 5.32 Å². The van der Waals surface area contributed by atoms with Gasteiger partial charge in [0.2, 0.25) is 0 Å². The average Bonchev–Trinajstić information content (AvgIpc) is 3.05. The van der Waals surface area contributed by atoms with Crippen LogP contribution >= 0.6 is 11.6 Å². The number of halogens is 1. The number of amides is 1. The molecule has 1 heterocycles. The molecule has 0 saturated carbocycles. The molecule has 0 fully saturated rings. The van der Waals surface area contributed by atoms with E-state index in [0.29, 0.717) is 17.1 Å². The third kappa shape index (κ3) is 3.37. The number of aryl methyl sites for hydroxylation is 1. The second kappa shape index (κ2) is 7.34. The monoisotopic (exact) mass is 365 g/mol. The van der Waals surface area contributed by atoms with E-state index in [1.54, 1.807) is 24.3 Å². The van der Waals surface area contributed by atoms with Crippen molar-refractivity contribution in [3.8, 4) is 5.69 Å². The van der Waals surface area contributed by atoms with Crippen LogP contribution in [0.5, 0.6) is 0 Å². The van der Waals surface area contributed by atoms with Gasteiger partial charge in [0.25, 0.3) is 5.91 Å². The van der Waals surface area contributed by atoms with E-state index in [1.165, 1.54) is 18.5 Å². The summed E-state index contributed by atoms with van der Waals surface area (Å²) in [4.78, 5) is 17.3. The summed E-state index contributed by atoms with van der Waals surface area (Å²) >= 11 is 5.98. The van der Waals surface area contributed by atoms with Crippen LogP contribution in [0.3, 0.4) is 0 Å². The van der Waals surface area contributed by atoms with Gasteiger partial charge in [0, 0.05) is 22.0 Å². The minimum Gasteiger partial charge on any atom is -0.345 e. The molecular formula is C21H20ClN3O. The number of para-hydroxylation sites is 1. The van der Waals surface area contributed by atoms with Crippen molar-refractivity contribution in [3.63, 3.8) is 0 Å². The number of hydrogen-bond acceptors (Lipinski definition) is 2. The van der Waals surface area contributed by atoms with Gasteiger partial charge in [-0.05, 0) is 56.0 Å². The number of carbonyl (C=O) groups is 1. The first-order valence-electron chi connectivity index (χ1n) is 8.91. The molecule has 1 N–H and O–H groups in total. The summed E-state index contributed by atoms with van der Waals surface area (Å²) in [7, 11) is 0. The van der Waals surface area contributed by atoms with E-state index in [4.69, 9.17) is 16.6 Å². The van der Waals surface area contributed by atoms with E-state index in [9.17, 15) is 4.79 Å². The van der Waals surface area contributed by atoms with E-state index in [0.717, 1.165) is 30.0 Å². The maximum atomic E-state index is 12.5. The van der Waals surface area contributed by atoms with Gasteiger partial charge in [-0.25, -0.2) is 4.98 Å². The van der Waals surface area contributed by atoms with E-state index in [2.05, 4.69) is 22.0 Å². The molecule has 4 nitrogen and oxygen atoms in total. The summed E-state index contributed by atoms with van der Waals surface area (Å²) in [5, 5.41) is 3.54. The molecule has 26 heavy (non-hydrogen) atoms. The molecule has 0 spiro atoms. The lowest BCUT2D eigenvalue weighted by Gasteiger charge is -2.15. The van der Waals surface area contributed by atoms with Crippen LogP contribution in [0.25, 0.3) is 5.69 Å². The van der Waals surface area contributed by atoms with Gasteiger partial charge in [-0.15, -0.1) is 0 Å². The van der Waals surface area contributed by atoms with Crippen LogP contribution in [-0.4, -0.2) is 15.5 Å². The van der Waals surface area contributed by atoms with Gasteiger partial charge in [-0.1, -0.05) is 35.9 Å². The Labute approximate surface area is 157 Å². The van der Waals surface area contributed by atoms with E-state index < -0.39 is 0 Å². The molecule has 4 rings (SSSR count). The molecule has 0 saturated heterocycles. The standard InChI is InChI=1S/C21H20ClN3O/c22-16-8-6-7-15(13-16)21(26)23-14-20-24-18-11-4-5-12-19(18)25(20)17-9-2-1-3-10-17/h1-3,6-10,13H,4-5,11-12,14H2,(H,23,26). The van der Waals surface area contributed by atoms with Gasteiger partial charge in [0.15, 0.2) is 0 Å². The SMILES string of the molecule is O=C(NCc1nc2c(n1-c1ccccc1)CCCC2)c1cccc(Cl)c1. The van der Waals surface area contributed by atoms with Gasteiger partial charge in [-0.2, -0.15) is 0 Å². The van der Waals surface area contributed by atoms with Crippen molar-refractivity contribution in [1.29, 1.82) is 0 Å². The fourth-order valence-corrected chi connectivity index (χ4v) is 3.68. The number of aromatic nitrogens is 2. The number of hydrogen-bond donors (Lipinski definition) is 1. The first-order valence-corrected chi connectivity index (χ1v) is 9.29. The summed E-state index contributed by atoms with van der Waals surface area (Å²) in [6.45, 7) is 0.382. The van der Waals surface area contributed by atoms with Crippen molar-refractivity contribution >= 4 is 17.5 Å². The second-order valence-corrected chi connectivity index (χ2v) is 6.93. The zero-order valence-electron chi connectivity index (χ0n) is 14.4. The van der Waals surface area contributed by atoms with Gasteiger partial charge in [-0.3, -0.25) is 9.36 Å². The summed E-state index contributed by atoms with van der Waals surface area (Å²) in [5.41, 5.74) is 4.08. The Balaban J connectivity index is 1.62. The number of carbonyl (C=O) groups excluding carboxylic acids is 1. The number of rotatable bonds is 4. The Hall–Kier alpha value is -2.59. The Morgan fingerprint density at radius 3 is 2.69 bits per heavy atom. The van der Waals surface area contributed by atoms with Crippen LogP contribution in [0.2, 0.25) is 5.02 Å². The third-order valence-electron chi connectivity index (χ3n) is 4.71. The molecule has 0 bridgehead atoms. The van der Waals surface area contributed by atoms with Gasteiger partial charge >= 0.3 is 0 Å². The molecule has 132 valence electrons. The van der Waals surface area contributed by atoms with Crippen molar-refractivity contribution < 1.29 is 4.79 Å². The molecule has 0 atom stereocenters. The predicted molar refractivity (Wildman–Crippen MR) is 103 cm³/mol. The highest BCUT2D eigenvalue weighted by Crippen LogP contribution is 2.25. The van der Waals surface area contributed by atoms with Crippen molar-refractivity contribution in [1.82, 2.24) is 14.9 Å². The fraction of sp³-hybridized carbons (Fsp3) is 0.238. The van der Waals surface area contributed by atoms with Crippen LogP contribution in [0, 0.1) is 0 Å². The Kier molecular flexibility index (Phi) is 4.76. The quantitative estimate of drug-likeness (QED) is 0.747. The highest BCUT2D eigenvalue weighted by Gasteiger charge is 2.21. The van der Waals surface area contributed by atoms with Crippen LogP contribution < -0.4 is 5.32 Å². The molecule has 0 radical (unpaired) electrons. The second-order valence-electron chi connectivity index (χ2n) is 6.49. The van der Waals surface area contributed by atoms with E-state index in [1.807, 2.05) is 18.2 Å². The molecule has 0 unspecified atom stereocenters. The molecular weight excluding hydrogens is 346 g/mol. The Morgan fingerprint density at radius 2 is 1.88 bits per heavy atom. The average molecular weight is 366 g/mol. The maximum Gasteiger partial charge on any atom is 0.251 e. The first-order chi connectivity index (χ1) is 12.7. The Bertz CT molecular complexity index is 934. The van der Waals surface area contributed by atoms with Gasteiger partial charge in [0.1, 0.15) is 5.82 Å². The molecule has 1 amide bonds. The summed E-state index contributed by atoms with van der Waals surface area (Å²) in [5.74, 6) is 0.728. The highest BCUT2D eigenvalue weighted by molar-refractivity contribution is 6.30. The smallest absolute Gasteiger partial charge is 0.251 e. The minimum absolute atomic E-state index is 0.145. The maximum absolute atomic E-state index is 12.5. The van der Waals surface area contributed by atoms with E-state index in [-0.39, 0.29) is 5.91 Å². The lowest BCUT2D eigenvalue weighted by molar-refractivity contribution is 0.0949. The summed E-state index contributed by atoms with van der Waals surface area (Å²) < 4.78 is 2.20. The predicted octanol–water partition coefficient (Wildman–Crippen LogP) is 4.33. The van der Waals surface area contributed by atoms with Crippen molar-refractivity contribution in [3.05, 3.63) is 82.4 Å². The zero-order valence-corrected chi connectivity index (χ0v) is 15.2. The summed E-state index contributed by atoms with van der Waals surface area (Å²) in [6, 6.07) is 17.2.